The molecule has 16 rings (SSSR count). The summed E-state index contributed by atoms with van der Waals surface area (Å²) in [6.07, 6.45) is 0. The van der Waals surface area contributed by atoms with Crippen molar-refractivity contribution in [2.75, 3.05) is 9.80 Å². The second-order valence-corrected chi connectivity index (χ2v) is 21.7. The smallest absolute Gasteiger partial charge is 0.159 e. The van der Waals surface area contributed by atoms with Gasteiger partial charge in [0.05, 0.1) is 11.1 Å². The number of hydrogen-bond donors (Lipinski definition) is 0. The highest BCUT2D eigenvalue weighted by molar-refractivity contribution is 6.21. The highest BCUT2D eigenvalue weighted by Crippen LogP contribution is 2.67. The lowest BCUT2D eigenvalue weighted by Gasteiger charge is -2.34. The summed E-state index contributed by atoms with van der Waals surface area (Å²) in [4.78, 5) is 4.91. The van der Waals surface area contributed by atoms with E-state index in [-0.39, 0.29) is 0 Å². The predicted octanol–water partition coefficient (Wildman–Crippen LogP) is 20.6. The van der Waals surface area contributed by atoms with Gasteiger partial charge in [-0.15, -0.1) is 0 Å². The van der Waals surface area contributed by atoms with Gasteiger partial charge in [-0.2, -0.15) is 0 Å². The molecule has 0 fully saturated rings. The maximum Gasteiger partial charge on any atom is 0.159 e. The van der Waals surface area contributed by atoms with Crippen LogP contribution < -0.4 is 9.80 Å². The molecule has 3 heteroatoms. The van der Waals surface area contributed by atoms with Crippen molar-refractivity contribution >= 4 is 66.8 Å². The lowest BCUT2D eigenvalue weighted by molar-refractivity contribution is 0.669. The minimum Gasteiger partial charge on any atom is -0.454 e. The fourth-order valence-electron chi connectivity index (χ4n) is 14.0. The van der Waals surface area contributed by atoms with Gasteiger partial charge in [-0.25, -0.2) is 0 Å². The second kappa shape index (κ2) is 16.6. The van der Waals surface area contributed by atoms with Crippen LogP contribution in [0.4, 0.5) is 34.1 Å². The third-order valence-corrected chi connectivity index (χ3v) is 17.5. The summed E-state index contributed by atoms with van der Waals surface area (Å²) in [5, 5.41) is 4.84. The Labute approximate surface area is 454 Å². The molecule has 0 amide bonds. The minimum atomic E-state index is -0.720. The molecule has 78 heavy (non-hydrogen) atoms. The Hall–Kier alpha value is -9.70. The highest BCUT2D eigenvalue weighted by atomic mass is 16.3. The van der Waals surface area contributed by atoms with Crippen LogP contribution in [0, 0.1) is 27.7 Å². The molecule has 1 heterocycles. The van der Waals surface area contributed by atoms with Crippen molar-refractivity contribution in [3.63, 3.8) is 0 Å². The number of rotatable bonds is 7. The van der Waals surface area contributed by atoms with Crippen molar-refractivity contribution in [1.82, 2.24) is 0 Å². The van der Waals surface area contributed by atoms with Crippen LogP contribution in [0.25, 0.3) is 88.3 Å². The van der Waals surface area contributed by atoms with E-state index >= 15 is 0 Å². The van der Waals surface area contributed by atoms with Crippen LogP contribution >= 0.6 is 0 Å². The van der Waals surface area contributed by atoms with E-state index in [0.717, 1.165) is 56.1 Å². The molecule has 0 saturated heterocycles. The van der Waals surface area contributed by atoms with Gasteiger partial charge in [-0.1, -0.05) is 181 Å². The van der Waals surface area contributed by atoms with E-state index in [2.05, 4.69) is 280 Å². The van der Waals surface area contributed by atoms with Gasteiger partial charge in [0.25, 0.3) is 0 Å². The number of nitrogens with zero attached hydrogens (tertiary/aromatic N) is 2. The molecule has 12 aromatic carbocycles. The number of furan rings is 1. The summed E-state index contributed by atoms with van der Waals surface area (Å²) in [5.74, 6) is 0. The van der Waals surface area contributed by atoms with E-state index in [9.17, 15) is 0 Å². The van der Waals surface area contributed by atoms with Crippen LogP contribution in [0.3, 0.4) is 0 Å². The van der Waals surface area contributed by atoms with Gasteiger partial charge in [0.1, 0.15) is 5.58 Å². The Morgan fingerprint density at radius 3 is 1.54 bits per heavy atom. The lowest BCUT2D eigenvalue weighted by Crippen LogP contribution is -2.26. The SMILES string of the molecule is Cc1ccc(N(c2ccc3c(c2)C2(c4cc(N(c5ccc(C)cc5)c5cccc6c5oc5ccccc56)ccc4-3)c3ccccc3-c3c2cc2c4c(cccc34)-c3ccccc3-2)c2cccc(-c3ccccc3C)c2C)cc1. The van der Waals surface area contributed by atoms with Crippen molar-refractivity contribution in [3.05, 3.63) is 287 Å². The summed E-state index contributed by atoms with van der Waals surface area (Å²) in [6.45, 7) is 8.84. The average Bonchev–Trinajstić information content (AvgIpc) is 3.31. The quantitative estimate of drug-likeness (QED) is 0.159. The van der Waals surface area contributed by atoms with Gasteiger partial charge in [0, 0.05) is 39.2 Å². The summed E-state index contributed by atoms with van der Waals surface area (Å²) in [7, 11) is 0. The first kappa shape index (κ1) is 44.6. The summed E-state index contributed by atoms with van der Waals surface area (Å²) < 4.78 is 6.88. The molecule has 0 N–H and O–H groups in total. The van der Waals surface area contributed by atoms with E-state index in [0.29, 0.717) is 0 Å². The molecule has 1 spiro atoms. The number of anilines is 6. The number of hydrogen-bond acceptors (Lipinski definition) is 3. The van der Waals surface area contributed by atoms with Crippen LogP contribution in [0.1, 0.15) is 44.5 Å². The third kappa shape index (κ3) is 6.16. The minimum absolute atomic E-state index is 0.720. The molecule has 1 aromatic heterocycles. The Kier molecular flexibility index (Phi) is 9.52. The molecule has 1 unspecified atom stereocenters. The first-order chi connectivity index (χ1) is 38.3. The van der Waals surface area contributed by atoms with Crippen LogP contribution in [-0.4, -0.2) is 0 Å². The highest BCUT2D eigenvalue weighted by Gasteiger charge is 2.53. The maximum atomic E-state index is 6.88. The zero-order chi connectivity index (χ0) is 52.0. The van der Waals surface area contributed by atoms with Crippen LogP contribution in [0.15, 0.2) is 247 Å². The van der Waals surface area contributed by atoms with Gasteiger partial charge in [-0.3, -0.25) is 0 Å². The number of aryl methyl sites for hydroxylation is 3. The Morgan fingerprint density at radius 1 is 0.321 bits per heavy atom. The monoisotopic (exact) mass is 996 g/mol. The zero-order valence-electron chi connectivity index (χ0n) is 43.9. The molecule has 0 radical (unpaired) electrons. The van der Waals surface area contributed by atoms with E-state index < -0.39 is 5.41 Å². The lowest BCUT2D eigenvalue weighted by atomic mass is 9.70. The number of fused-ring (bicyclic) bond motifs is 17. The van der Waals surface area contributed by atoms with E-state index in [1.54, 1.807) is 0 Å². The molecule has 0 aliphatic heterocycles. The second-order valence-electron chi connectivity index (χ2n) is 21.7. The van der Waals surface area contributed by atoms with Crippen molar-refractivity contribution in [2.24, 2.45) is 0 Å². The average molecular weight is 997 g/mol. The van der Waals surface area contributed by atoms with E-state index in [1.165, 1.54) is 111 Å². The summed E-state index contributed by atoms with van der Waals surface area (Å²) in [5.41, 5.74) is 30.3. The van der Waals surface area contributed by atoms with Crippen molar-refractivity contribution < 1.29 is 4.42 Å². The number of para-hydroxylation sites is 2. The van der Waals surface area contributed by atoms with Gasteiger partial charge < -0.3 is 14.2 Å². The Balaban J connectivity index is 1.00. The Morgan fingerprint density at radius 2 is 0.833 bits per heavy atom. The Bertz CT molecular complexity index is 4670. The van der Waals surface area contributed by atoms with Crippen molar-refractivity contribution in [3.8, 4) is 55.6 Å². The molecule has 13 aromatic rings. The molecular formula is C75H52N2O. The maximum absolute atomic E-state index is 6.88. The normalized spacial score (nSPS) is 14.2. The first-order valence-corrected chi connectivity index (χ1v) is 27.2. The van der Waals surface area contributed by atoms with Gasteiger partial charge in [-0.05, 0) is 200 Å². The molecular weight excluding hydrogens is 945 g/mol. The van der Waals surface area contributed by atoms with Crippen molar-refractivity contribution in [2.45, 2.75) is 33.1 Å². The largest absolute Gasteiger partial charge is 0.454 e. The molecule has 3 aliphatic rings. The molecule has 368 valence electrons. The fourth-order valence-corrected chi connectivity index (χ4v) is 14.0. The molecule has 0 saturated carbocycles. The standard InChI is InChI=1S/C75H52N2O/c1-45-30-34-49(35-31-45)76(69-27-14-22-54(48(69)4)53-17-6-5-16-47(53)3)51-38-40-57-58-41-39-52(77(50-36-32-46(2)33-37-50)70-28-15-24-61-59-20-10-12-29-71(59)78-74(61)70)43-67(58)75(66(57)42-51)65-26-11-9-21-62(65)73-63-25-13-23-60-55-18-7-8-19-56(55)64(72(60)63)44-68(73)75/h5-44H,1-4H3. The van der Waals surface area contributed by atoms with Gasteiger partial charge in [0.15, 0.2) is 5.58 Å². The molecule has 0 bridgehead atoms. The zero-order valence-corrected chi connectivity index (χ0v) is 43.9. The van der Waals surface area contributed by atoms with Crippen molar-refractivity contribution in [1.29, 1.82) is 0 Å². The van der Waals surface area contributed by atoms with Crippen LogP contribution in [0.2, 0.25) is 0 Å². The van der Waals surface area contributed by atoms with E-state index in [1.807, 2.05) is 0 Å². The number of benzene rings is 12. The third-order valence-electron chi connectivity index (χ3n) is 17.5. The topological polar surface area (TPSA) is 19.6 Å². The van der Waals surface area contributed by atoms with Crippen LogP contribution in [0.5, 0.6) is 0 Å². The van der Waals surface area contributed by atoms with E-state index in [4.69, 9.17) is 4.42 Å². The molecule has 1 atom stereocenters. The van der Waals surface area contributed by atoms with Gasteiger partial charge in [0.2, 0.25) is 0 Å². The van der Waals surface area contributed by atoms with Gasteiger partial charge >= 0.3 is 0 Å². The first-order valence-electron chi connectivity index (χ1n) is 27.2. The fraction of sp³-hybridized carbons (Fsp3) is 0.0667. The molecule has 3 aliphatic carbocycles. The summed E-state index contributed by atoms with van der Waals surface area (Å²) in [6, 6.07) is 91.0. The predicted molar refractivity (Wildman–Crippen MR) is 326 cm³/mol. The molecule has 3 nitrogen and oxygen atoms in total. The van der Waals surface area contributed by atoms with Crippen LogP contribution in [-0.2, 0) is 5.41 Å². The summed E-state index contributed by atoms with van der Waals surface area (Å²) >= 11 is 0.